The third-order valence-electron chi connectivity index (χ3n) is 4.65. The van der Waals surface area contributed by atoms with Gasteiger partial charge in [0.15, 0.2) is 11.5 Å². The van der Waals surface area contributed by atoms with E-state index in [0.717, 1.165) is 11.3 Å². The molecule has 1 aliphatic heterocycles. The largest absolute Gasteiger partial charge is 0.497 e. The van der Waals surface area contributed by atoms with Gasteiger partial charge in [-0.05, 0) is 24.1 Å². The van der Waals surface area contributed by atoms with Crippen molar-refractivity contribution in [3.8, 4) is 23.0 Å². The number of benzene rings is 2. The number of carbonyl (C=O) groups excluding carboxylic acids is 1. The maximum absolute atomic E-state index is 12.7. The molecule has 2 aromatic carbocycles. The Bertz CT molecular complexity index is 817. The van der Waals surface area contributed by atoms with Crippen LogP contribution in [0.15, 0.2) is 36.4 Å². The number of hydrogen-bond acceptors (Lipinski definition) is 7. The first-order valence-electron chi connectivity index (χ1n) is 8.85. The van der Waals surface area contributed by atoms with Gasteiger partial charge in [0.1, 0.15) is 11.8 Å². The summed E-state index contributed by atoms with van der Waals surface area (Å²) in [6.07, 6.45) is 0.601. The molecular formula is C20H25N3O5. The van der Waals surface area contributed by atoms with Crippen molar-refractivity contribution in [2.45, 2.75) is 18.5 Å². The van der Waals surface area contributed by atoms with E-state index in [1.807, 2.05) is 24.3 Å². The number of anilines is 1. The lowest BCUT2D eigenvalue weighted by Crippen LogP contribution is -2.39. The second-order valence-corrected chi connectivity index (χ2v) is 6.31. The summed E-state index contributed by atoms with van der Waals surface area (Å²) >= 11 is 0. The molecule has 1 aliphatic rings. The molecular weight excluding hydrogens is 362 g/mol. The minimum Gasteiger partial charge on any atom is -0.497 e. The van der Waals surface area contributed by atoms with Crippen LogP contribution in [0.1, 0.15) is 18.0 Å². The maximum Gasteiger partial charge on any atom is 0.242 e. The van der Waals surface area contributed by atoms with Crippen molar-refractivity contribution in [2.75, 3.05) is 33.8 Å². The molecule has 0 radical (unpaired) electrons. The maximum atomic E-state index is 12.7. The number of hydrazine groups is 1. The van der Waals surface area contributed by atoms with Gasteiger partial charge >= 0.3 is 0 Å². The van der Waals surface area contributed by atoms with Gasteiger partial charge in [0.2, 0.25) is 11.7 Å². The molecule has 1 saturated heterocycles. The van der Waals surface area contributed by atoms with Crippen LogP contribution in [0.5, 0.6) is 23.0 Å². The van der Waals surface area contributed by atoms with Crippen LogP contribution < -0.4 is 35.1 Å². The van der Waals surface area contributed by atoms with Gasteiger partial charge in [0, 0.05) is 23.9 Å². The Balaban J connectivity index is 1.70. The standard InChI is InChI=1S/C20H25N3O5/c1-25-14-7-5-6-12(8-14)15-11-16(23-22-15)20(24)21-13-9-17(26-2)19(28-4)18(10-13)27-3/h5-10,15-16,22-23H,11H2,1-4H3,(H,21,24). The van der Waals surface area contributed by atoms with Crippen LogP contribution in [-0.2, 0) is 4.79 Å². The van der Waals surface area contributed by atoms with Crippen LogP contribution in [0.2, 0.25) is 0 Å². The molecule has 150 valence electrons. The predicted molar refractivity (Wildman–Crippen MR) is 105 cm³/mol. The number of carbonyl (C=O) groups is 1. The fourth-order valence-corrected chi connectivity index (χ4v) is 3.19. The fourth-order valence-electron chi connectivity index (χ4n) is 3.19. The summed E-state index contributed by atoms with van der Waals surface area (Å²) in [5, 5.41) is 2.90. The van der Waals surface area contributed by atoms with Gasteiger partial charge in [-0.15, -0.1) is 0 Å². The summed E-state index contributed by atoms with van der Waals surface area (Å²) in [7, 11) is 6.23. The van der Waals surface area contributed by atoms with Gasteiger partial charge < -0.3 is 24.3 Å². The minimum atomic E-state index is -0.393. The van der Waals surface area contributed by atoms with Crippen LogP contribution in [0.3, 0.4) is 0 Å². The zero-order chi connectivity index (χ0) is 20.1. The normalized spacial score (nSPS) is 18.4. The monoisotopic (exact) mass is 387 g/mol. The molecule has 0 aliphatic carbocycles. The van der Waals surface area contributed by atoms with Crippen LogP contribution in [0, 0.1) is 0 Å². The molecule has 0 bridgehead atoms. The van der Waals surface area contributed by atoms with Gasteiger partial charge in [-0.2, -0.15) is 0 Å². The van der Waals surface area contributed by atoms with E-state index in [9.17, 15) is 4.79 Å². The zero-order valence-corrected chi connectivity index (χ0v) is 16.4. The third kappa shape index (κ3) is 4.13. The van der Waals surface area contributed by atoms with E-state index >= 15 is 0 Å². The van der Waals surface area contributed by atoms with Gasteiger partial charge in [-0.1, -0.05) is 12.1 Å². The molecule has 0 aromatic heterocycles. The van der Waals surface area contributed by atoms with Crippen molar-refractivity contribution in [3.05, 3.63) is 42.0 Å². The smallest absolute Gasteiger partial charge is 0.242 e. The number of ether oxygens (including phenoxy) is 4. The van der Waals surface area contributed by atoms with Crippen LogP contribution in [-0.4, -0.2) is 40.4 Å². The predicted octanol–water partition coefficient (Wildman–Crippen LogP) is 2.27. The van der Waals surface area contributed by atoms with E-state index in [2.05, 4.69) is 16.2 Å². The molecule has 2 unspecified atom stereocenters. The summed E-state index contributed by atoms with van der Waals surface area (Å²) in [6, 6.07) is 10.8. The third-order valence-corrected chi connectivity index (χ3v) is 4.65. The van der Waals surface area contributed by atoms with Crippen molar-refractivity contribution in [1.29, 1.82) is 0 Å². The lowest BCUT2D eigenvalue weighted by molar-refractivity contribution is -0.117. The Morgan fingerprint density at radius 1 is 0.964 bits per heavy atom. The summed E-state index contributed by atoms with van der Waals surface area (Å²) in [6.45, 7) is 0. The number of nitrogens with one attached hydrogen (secondary N) is 3. The quantitative estimate of drug-likeness (QED) is 0.671. The highest BCUT2D eigenvalue weighted by atomic mass is 16.5. The highest BCUT2D eigenvalue weighted by molar-refractivity contribution is 5.95. The number of rotatable bonds is 7. The first-order valence-corrected chi connectivity index (χ1v) is 8.85. The Morgan fingerprint density at radius 2 is 1.68 bits per heavy atom. The number of hydrogen-bond donors (Lipinski definition) is 3. The second kappa shape index (κ2) is 8.81. The Kier molecular flexibility index (Phi) is 6.23. The molecule has 28 heavy (non-hydrogen) atoms. The second-order valence-electron chi connectivity index (χ2n) is 6.31. The van der Waals surface area contributed by atoms with Gasteiger partial charge in [-0.25, -0.2) is 10.9 Å². The first kappa shape index (κ1) is 19.8. The molecule has 1 fully saturated rings. The minimum absolute atomic E-state index is 0.00536. The fraction of sp³-hybridized carbons (Fsp3) is 0.350. The topological polar surface area (TPSA) is 90.1 Å². The molecule has 3 N–H and O–H groups in total. The van der Waals surface area contributed by atoms with E-state index in [-0.39, 0.29) is 11.9 Å². The van der Waals surface area contributed by atoms with E-state index in [0.29, 0.717) is 29.4 Å². The SMILES string of the molecule is COc1cccc(C2CC(C(=O)Nc3cc(OC)c(OC)c(OC)c3)NN2)c1. The number of methoxy groups -OCH3 is 4. The zero-order valence-electron chi connectivity index (χ0n) is 16.4. The Morgan fingerprint density at radius 3 is 2.29 bits per heavy atom. The van der Waals surface area contributed by atoms with Gasteiger partial charge in [0.25, 0.3) is 0 Å². The summed E-state index contributed by atoms with van der Waals surface area (Å²) in [5.41, 5.74) is 7.83. The highest BCUT2D eigenvalue weighted by Gasteiger charge is 2.30. The van der Waals surface area contributed by atoms with Gasteiger partial charge in [0.05, 0.1) is 28.4 Å². The molecule has 1 heterocycles. The molecule has 8 heteroatoms. The average Bonchev–Trinajstić information content (AvgIpc) is 3.23. The molecule has 2 atom stereocenters. The summed E-state index contributed by atoms with van der Waals surface area (Å²) < 4.78 is 21.2. The molecule has 1 amide bonds. The van der Waals surface area contributed by atoms with Crippen LogP contribution in [0.25, 0.3) is 0 Å². The highest BCUT2D eigenvalue weighted by Crippen LogP contribution is 2.40. The molecule has 0 saturated carbocycles. The number of amides is 1. The summed E-state index contributed by atoms with van der Waals surface area (Å²) in [4.78, 5) is 12.7. The van der Waals surface area contributed by atoms with E-state index in [1.54, 1.807) is 19.2 Å². The van der Waals surface area contributed by atoms with Crippen molar-refractivity contribution in [1.82, 2.24) is 10.9 Å². The lowest BCUT2D eigenvalue weighted by Gasteiger charge is -2.16. The average molecular weight is 387 g/mol. The molecule has 8 nitrogen and oxygen atoms in total. The lowest BCUT2D eigenvalue weighted by atomic mass is 10.0. The van der Waals surface area contributed by atoms with E-state index in [4.69, 9.17) is 18.9 Å². The Labute approximate surface area is 164 Å². The Hall–Kier alpha value is -2.97. The van der Waals surface area contributed by atoms with E-state index < -0.39 is 6.04 Å². The van der Waals surface area contributed by atoms with Crippen molar-refractivity contribution >= 4 is 11.6 Å². The van der Waals surface area contributed by atoms with Crippen molar-refractivity contribution < 1.29 is 23.7 Å². The van der Waals surface area contributed by atoms with Crippen molar-refractivity contribution in [3.63, 3.8) is 0 Å². The first-order chi connectivity index (χ1) is 13.6. The summed E-state index contributed by atoms with van der Waals surface area (Å²) in [5.74, 6) is 2.05. The van der Waals surface area contributed by atoms with Crippen molar-refractivity contribution in [2.24, 2.45) is 0 Å². The molecule has 3 rings (SSSR count). The van der Waals surface area contributed by atoms with Crippen LogP contribution in [0.4, 0.5) is 5.69 Å². The van der Waals surface area contributed by atoms with E-state index in [1.165, 1.54) is 21.3 Å². The van der Waals surface area contributed by atoms with Gasteiger partial charge in [-0.3, -0.25) is 4.79 Å². The molecule has 0 spiro atoms. The van der Waals surface area contributed by atoms with Crippen LogP contribution >= 0.6 is 0 Å². The molecule has 2 aromatic rings.